The second-order valence-electron chi connectivity index (χ2n) is 4.42. The molecule has 2 nitrogen and oxygen atoms in total. The number of carbonyl (C=O) groups excluding carboxylic acids is 1. The molecule has 0 aliphatic heterocycles. The number of aryl methyl sites for hydroxylation is 1. The molecule has 0 radical (unpaired) electrons. The van der Waals surface area contributed by atoms with Gasteiger partial charge >= 0.3 is 0 Å². The molecule has 3 heteroatoms. The second-order valence-corrected chi connectivity index (χ2v) is 4.42. The largest absolute Gasteiger partial charge is 0.286 e. The van der Waals surface area contributed by atoms with Gasteiger partial charge < -0.3 is 0 Å². The van der Waals surface area contributed by atoms with E-state index in [9.17, 15) is 9.18 Å². The van der Waals surface area contributed by atoms with Crippen LogP contribution in [0.25, 0.3) is 6.08 Å². The van der Waals surface area contributed by atoms with Crippen LogP contribution in [0.3, 0.4) is 0 Å². The number of allylic oxidation sites excluding steroid dienone is 1. The summed E-state index contributed by atoms with van der Waals surface area (Å²) in [5.41, 5.74) is 2.37. The van der Waals surface area contributed by atoms with Gasteiger partial charge in [-0.15, -0.1) is 0 Å². The predicted molar refractivity (Wildman–Crippen MR) is 75.8 cm³/mol. The summed E-state index contributed by atoms with van der Waals surface area (Å²) in [6.45, 7) is 1.90. The Hall–Kier alpha value is -2.73. The highest BCUT2D eigenvalue weighted by molar-refractivity contribution is 6.09. The molecule has 0 unspecified atom stereocenters. The third kappa shape index (κ3) is 3.18. The molecule has 0 saturated heterocycles. The first-order valence-electron chi connectivity index (χ1n) is 6.09. The quantitative estimate of drug-likeness (QED) is 0.620. The van der Waals surface area contributed by atoms with Crippen molar-refractivity contribution in [3.05, 3.63) is 76.6 Å². The Bertz CT molecular complexity index is 691. The number of ketones is 1. The van der Waals surface area contributed by atoms with Crippen molar-refractivity contribution in [3.8, 4) is 6.07 Å². The van der Waals surface area contributed by atoms with Gasteiger partial charge in [0.15, 0.2) is 5.83 Å². The molecule has 0 aliphatic rings. The summed E-state index contributed by atoms with van der Waals surface area (Å²) in [5, 5.41) is 8.68. The number of nitrogens with zero attached hydrogens (tertiary/aromatic N) is 1. The van der Waals surface area contributed by atoms with Gasteiger partial charge in [0.1, 0.15) is 0 Å². The van der Waals surface area contributed by atoms with Crippen LogP contribution in [0, 0.1) is 18.3 Å². The molecule has 0 spiro atoms. The maximum atomic E-state index is 13.9. The highest BCUT2D eigenvalue weighted by atomic mass is 19.1. The van der Waals surface area contributed by atoms with Crippen LogP contribution in [-0.2, 0) is 0 Å². The second kappa shape index (κ2) is 5.94. The average molecular weight is 265 g/mol. The molecule has 0 heterocycles. The fourth-order valence-corrected chi connectivity index (χ4v) is 1.71. The normalized spacial score (nSPS) is 10.9. The molecule has 0 aromatic heterocycles. The van der Waals surface area contributed by atoms with Gasteiger partial charge in [-0.05, 0) is 30.7 Å². The topological polar surface area (TPSA) is 40.9 Å². The predicted octanol–water partition coefficient (Wildman–Crippen LogP) is 4.06. The number of nitriles is 1. The fraction of sp³-hybridized carbons (Fsp3) is 0.0588. The molecule has 0 aliphatic carbocycles. The summed E-state index contributed by atoms with van der Waals surface area (Å²) in [4.78, 5) is 11.9. The number of carbonyl (C=O) groups is 1. The van der Waals surface area contributed by atoms with E-state index in [0.717, 1.165) is 5.56 Å². The molecule has 0 atom stereocenters. The molecule has 20 heavy (non-hydrogen) atoms. The summed E-state index contributed by atoms with van der Waals surface area (Å²) < 4.78 is 13.9. The van der Waals surface area contributed by atoms with Crippen molar-refractivity contribution in [1.82, 2.24) is 0 Å². The Kier molecular flexibility index (Phi) is 4.07. The highest BCUT2D eigenvalue weighted by Crippen LogP contribution is 2.15. The van der Waals surface area contributed by atoms with Crippen molar-refractivity contribution in [3.63, 3.8) is 0 Å². The van der Waals surface area contributed by atoms with E-state index in [4.69, 9.17) is 5.26 Å². The van der Waals surface area contributed by atoms with Crippen LogP contribution >= 0.6 is 0 Å². The first kappa shape index (κ1) is 13.7. The Labute approximate surface area is 116 Å². The zero-order valence-electron chi connectivity index (χ0n) is 10.9. The van der Waals surface area contributed by atoms with Crippen LogP contribution in [0.4, 0.5) is 4.39 Å². The summed E-state index contributed by atoms with van der Waals surface area (Å²) in [6, 6.07) is 15.1. The molecule has 98 valence electrons. The lowest BCUT2D eigenvalue weighted by atomic mass is 10.1. The molecule has 2 aromatic carbocycles. The third-order valence-electron chi connectivity index (χ3n) is 2.86. The van der Waals surface area contributed by atoms with E-state index in [0.29, 0.717) is 16.7 Å². The van der Waals surface area contributed by atoms with E-state index in [1.54, 1.807) is 48.5 Å². The maximum Gasteiger partial charge on any atom is 0.221 e. The zero-order chi connectivity index (χ0) is 14.5. The van der Waals surface area contributed by atoms with Gasteiger partial charge in [-0.1, -0.05) is 42.0 Å². The molecule has 0 bridgehead atoms. The Morgan fingerprint density at radius 1 is 1.10 bits per heavy atom. The van der Waals surface area contributed by atoms with Crippen LogP contribution in [0.1, 0.15) is 27.0 Å². The van der Waals surface area contributed by atoms with E-state index in [-0.39, 0.29) is 0 Å². The van der Waals surface area contributed by atoms with Gasteiger partial charge in [0.25, 0.3) is 0 Å². The van der Waals surface area contributed by atoms with Crippen molar-refractivity contribution < 1.29 is 9.18 Å². The maximum absolute atomic E-state index is 13.9. The first-order valence-corrected chi connectivity index (χ1v) is 6.09. The van der Waals surface area contributed by atoms with Gasteiger partial charge in [0, 0.05) is 5.56 Å². The number of hydrogen-bond donors (Lipinski definition) is 0. The highest BCUT2D eigenvalue weighted by Gasteiger charge is 2.11. The average Bonchev–Trinajstić information content (AvgIpc) is 2.48. The zero-order valence-corrected chi connectivity index (χ0v) is 10.9. The minimum atomic E-state index is -0.821. The Balaban J connectivity index is 2.23. The van der Waals surface area contributed by atoms with Crippen LogP contribution in [0.2, 0.25) is 0 Å². The summed E-state index contributed by atoms with van der Waals surface area (Å²) in [7, 11) is 0. The fourth-order valence-electron chi connectivity index (χ4n) is 1.71. The van der Waals surface area contributed by atoms with Crippen molar-refractivity contribution >= 4 is 11.9 Å². The molecule has 0 amide bonds. The third-order valence-corrected chi connectivity index (χ3v) is 2.86. The van der Waals surface area contributed by atoms with Crippen LogP contribution in [-0.4, -0.2) is 5.78 Å². The standard InChI is InChI=1S/C17H12FNO/c1-12-2-8-15(9-3-12)17(20)16(18)10-13-4-6-14(11-19)7-5-13/h2-10H,1H3/b16-10-. The summed E-state index contributed by atoms with van der Waals surface area (Å²) >= 11 is 0. The van der Waals surface area contributed by atoms with E-state index >= 15 is 0 Å². The van der Waals surface area contributed by atoms with Crippen molar-refractivity contribution in [2.45, 2.75) is 6.92 Å². The van der Waals surface area contributed by atoms with Crippen molar-refractivity contribution in [2.75, 3.05) is 0 Å². The van der Waals surface area contributed by atoms with E-state index in [1.807, 2.05) is 13.0 Å². The molecule has 2 rings (SSSR count). The smallest absolute Gasteiger partial charge is 0.221 e. The van der Waals surface area contributed by atoms with Crippen molar-refractivity contribution in [1.29, 1.82) is 5.26 Å². The van der Waals surface area contributed by atoms with Gasteiger partial charge in [0.05, 0.1) is 11.6 Å². The lowest BCUT2D eigenvalue weighted by Crippen LogP contribution is -1.99. The van der Waals surface area contributed by atoms with Gasteiger partial charge in [-0.3, -0.25) is 4.79 Å². The number of benzene rings is 2. The molecule has 0 N–H and O–H groups in total. The van der Waals surface area contributed by atoms with E-state index < -0.39 is 11.6 Å². The number of Topliss-reactive ketones (excluding diaryl/α,β-unsaturated/α-hetero) is 1. The number of halogens is 1. The minimum Gasteiger partial charge on any atom is -0.286 e. The van der Waals surface area contributed by atoms with Crippen LogP contribution in [0.15, 0.2) is 54.4 Å². The molecule has 0 saturated carbocycles. The van der Waals surface area contributed by atoms with E-state index in [1.165, 1.54) is 6.08 Å². The molecule has 0 fully saturated rings. The number of hydrogen-bond acceptors (Lipinski definition) is 2. The minimum absolute atomic E-state index is 0.318. The van der Waals surface area contributed by atoms with Crippen molar-refractivity contribution in [2.24, 2.45) is 0 Å². The summed E-state index contributed by atoms with van der Waals surface area (Å²) in [5.74, 6) is -1.46. The monoisotopic (exact) mass is 265 g/mol. The van der Waals surface area contributed by atoms with Gasteiger partial charge in [-0.2, -0.15) is 5.26 Å². The molecule has 2 aromatic rings. The van der Waals surface area contributed by atoms with Crippen LogP contribution < -0.4 is 0 Å². The first-order chi connectivity index (χ1) is 9.60. The number of rotatable bonds is 3. The molecular weight excluding hydrogens is 253 g/mol. The van der Waals surface area contributed by atoms with E-state index in [2.05, 4.69) is 0 Å². The van der Waals surface area contributed by atoms with Gasteiger partial charge in [0.2, 0.25) is 5.78 Å². The van der Waals surface area contributed by atoms with Crippen LogP contribution in [0.5, 0.6) is 0 Å². The lowest BCUT2D eigenvalue weighted by Gasteiger charge is -2.00. The Morgan fingerprint density at radius 3 is 2.25 bits per heavy atom. The summed E-state index contributed by atoms with van der Waals surface area (Å²) in [6.07, 6.45) is 1.17. The Morgan fingerprint density at radius 2 is 1.70 bits per heavy atom. The molecular formula is C17H12FNO. The van der Waals surface area contributed by atoms with Gasteiger partial charge in [-0.25, -0.2) is 4.39 Å². The SMILES string of the molecule is Cc1ccc(C(=O)/C(F)=C/c2ccc(C#N)cc2)cc1. The lowest BCUT2D eigenvalue weighted by molar-refractivity contribution is 0.101.